The van der Waals surface area contributed by atoms with Crippen LogP contribution in [0.2, 0.25) is 0 Å². The Bertz CT molecular complexity index is 1090. The summed E-state index contributed by atoms with van der Waals surface area (Å²) in [7, 11) is 3.50. The monoisotopic (exact) mass is 389 g/mol. The smallest absolute Gasteiger partial charge is 0.226 e. The van der Waals surface area contributed by atoms with Gasteiger partial charge in [0.05, 0.1) is 18.7 Å². The summed E-state index contributed by atoms with van der Waals surface area (Å²) >= 11 is 0. The van der Waals surface area contributed by atoms with Gasteiger partial charge in [0.25, 0.3) is 0 Å². The van der Waals surface area contributed by atoms with Gasteiger partial charge in [-0.2, -0.15) is 15.1 Å². The van der Waals surface area contributed by atoms with Gasteiger partial charge in [-0.15, -0.1) is 0 Å². The molecule has 0 aliphatic carbocycles. The van der Waals surface area contributed by atoms with Crippen molar-refractivity contribution >= 4 is 28.5 Å². The molecule has 0 saturated heterocycles. The van der Waals surface area contributed by atoms with Gasteiger partial charge in [-0.3, -0.25) is 4.68 Å². The Kier molecular flexibility index (Phi) is 5.26. The zero-order valence-electron chi connectivity index (χ0n) is 16.3. The van der Waals surface area contributed by atoms with E-state index in [0.29, 0.717) is 18.3 Å². The standard InChI is InChI=1S/C21H23N7O/c1-28-20-17(12-24-28)19(25-15-8-10-16(29-2)11-9-15)26-21(27-20)23-13-18(22)14-6-4-3-5-7-14/h3-12,18H,13,22H2,1-2H3,(H2,23,25,26,27)/t18-/m0/s1. The third-order valence-corrected chi connectivity index (χ3v) is 4.65. The number of hydrogen-bond donors (Lipinski definition) is 3. The Morgan fingerprint density at radius 3 is 2.55 bits per heavy atom. The van der Waals surface area contributed by atoms with Crippen LogP contribution in [0.4, 0.5) is 17.5 Å². The van der Waals surface area contributed by atoms with Gasteiger partial charge in [-0.25, -0.2) is 0 Å². The second-order valence-corrected chi connectivity index (χ2v) is 6.65. The first-order valence-electron chi connectivity index (χ1n) is 9.29. The molecule has 8 heteroatoms. The molecule has 8 nitrogen and oxygen atoms in total. The molecule has 0 radical (unpaired) electrons. The quantitative estimate of drug-likeness (QED) is 0.446. The molecule has 0 amide bonds. The van der Waals surface area contributed by atoms with Gasteiger partial charge >= 0.3 is 0 Å². The van der Waals surface area contributed by atoms with Gasteiger partial charge in [0.1, 0.15) is 11.6 Å². The highest BCUT2D eigenvalue weighted by molar-refractivity contribution is 5.89. The van der Waals surface area contributed by atoms with Crippen LogP contribution in [-0.2, 0) is 7.05 Å². The maximum absolute atomic E-state index is 6.29. The van der Waals surface area contributed by atoms with Crippen molar-refractivity contribution in [3.8, 4) is 5.75 Å². The van der Waals surface area contributed by atoms with Crippen LogP contribution in [0.15, 0.2) is 60.8 Å². The maximum atomic E-state index is 6.29. The first-order chi connectivity index (χ1) is 14.1. The Labute approximate surface area is 168 Å². The lowest BCUT2D eigenvalue weighted by Gasteiger charge is -2.14. The highest BCUT2D eigenvalue weighted by atomic mass is 16.5. The fraction of sp³-hybridized carbons (Fsp3) is 0.190. The van der Waals surface area contributed by atoms with Crippen LogP contribution >= 0.6 is 0 Å². The average molecular weight is 389 g/mol. The van der Waals surface area contributed by atoms with Crippen molar-refractivity contribution in [3.63, 3.8) is 0 Å². The van der Waals surface area contributed by atoms with Crippen LogP contribution in [0.25, 0.3) is 11.0 Å². The summed E-state index contributed by atoms with van der Waals surface area (Å²) in [5, 5.41) is 11.7. The number of nitrogens with zero attached hydrogens (tertiary/aromatic N) is 4. The third kappa shape index (κ3) is 4.12. The van der Waals surface area contributed by atoms with Crippen LogP contribution < -0.4 is 21.1 Å². The molecule has 0 fully saturated rings. The lowest BCUT2D eigenvalue weighted by atomic mass is 10.1. The fourth-order valence-electron chi connectivity index (χ4n) is 3.03. The molecule has 29 heavy (non-hydrogen) atoms. The molecule has 0 spiro atoms. The van der Waals surface area contributed by atoms with Gasteiger partial charge in [0.2, 0.25) is 5.95 Å². The van der Waals surface area contributed by atoms with E-state index < -0.39 is 0 Å². The second kappa shape index (κ2) is 8.15. The number of hydrogen-bond acceptors (Lipinski definition) is 7. The zero-order valence-corrected chi connectivity index (χ0v) is 16.3. The minimum absolute atomic E-state index is 0.167. The first-order valence-corrected chi connectivity index (χ1v) is 9.29. The number of anilines is 3. The third-order valence-electron chi connectivity index (χ3n) is 4.65. The number of aryl methyl sites for hydroxylation is 1. The molecule has 2 heterocycles. The lowest BCUT2D eigenvalue weighted by Crippen LogP contribution is -2.21. The molecule has 0 saturated carbocycles. The zero-order chi connectivity index (χ0) is 20.2. The van der Waals surface area contributed by atoms with Gasteiger partial charge in [0, 0.05) is 25.3 Å². The summed E-state index contributed by atoms with van der Waals surface area (Å²) in [6, 6.07) is 17.4. The minimum atomic E-state index is -0.167. The summed E-state index contributed by atoms with van der Waals surface area (Å²) in [4.78, 5) is 9.24. The first kappa shape index (κ1) is 18.7. The van der Waals surface area contributed by atoms with Crippen LogP contribution in [0, 0.1) is 0 Å². The minimum Gasteiger partial charge on any atom is -0.497 e. The second-order valence-electron chi connectivity index (χ2n) is 6.65. The Hall–Kier alpha value is -3.65. The van der Waals surface area contributed by atoms with E-state index in [4.69, 9.17) is 10.5 Å². The lowest BCUT2D eigenvalue weighted by molar-refractivity contribution is 0.415. The highest BCUT2D eigenvalue weighted by Crippen LogP contribution is 2.26. The van der Waals surface area contributed by atoms with E-state index in [1.807, 2.05) is 61.6 Å². The topological polar surface area (TPSA) is 103 Å². The SMILES string of the molecule is COc1ccc(Nc2nc(NC[C@H](N)c3ccccc3)nc3c2cnn3C)cc1. The average Bonchev–Trinajstić information content (AvgIpc) is 3.14. The van der Waals surface area contributed by atoms with Crippen molar-refractivity contribution in [2.75, 3.05) is 24.3 Å². The Balaban J connectivity index is 1.58. The van der Waals surface area contributed by atoms with Gasteiger partial charge in [-0.05, 0) is 29.8 Å². The summed E-state index contributed by atoms with van der Waals surface area (Å²) in [5.41, 5.74) is 8.96. The molecule has 4 rings (SSSR count). The van der Waals surface area contributed by atoms with Crippen molar-refractivity contribution in [3.05, 3.63) is 66.4 Å². The molecule has 2 aromatic heterocycles. The number of ether oxygens (including phenoxy) is 1. The van der Waals surface area contributed by atoms with E-state index in [2.05, 4.69) is 25.7 Å². The van der Waals surface area contributed by atoms with Crippen LogP contribution in [-0.4, -0.2) is 33.4 Å². The van der Waals surface area contributed by atoms with Crippen molar-refractivity contribution in [1.82, 2.24) is 19.7 Å². The number of methoxy groups -OCH3 is 1. The van der Waals surface area contributed by atoms with E-state index in [9.17, 15) is 0 Å². The number of nitrogens with two attached hydrogens (primary N) is 1. The Morgan fingerprint density at radius 2 is 1.83 bits per heavy atom. The molecule has 148 valence electrons. The van der Waals surface area contributed by atoms with E-state index in [1.165, 1.54) is 0 Å². The van der Waals surface area contributed by atoms with E-state index in [0.717, 1.165) is 28.0 Å². The molecular weight excluding hydrogens is 366 g/mol. The number of benzene rings is 2. The Morgan fingerprint density at radius 1 is 1.07 bits per heavy atom. The molecule has 0 bridgehead atoms. The molecule has 1 atom stereocenters. The van der Waals surface area contributed by atoms with Crippen molar-refractivity contribution in [1.29, 1.82) is 0 Å². The van der Waals surface area contributed by atoms with Gasteiger partial charge in [0.15, 0.2) is 5.65 Å². The molecule has 4 N–H and O–H groups in total. The summed E-state index contributed by atoms with van der Waals surface area (Å²) in [6.07, 6.45) is 1.75. The normalized spacial score (nSPS) is 12.0. The van der Waals surface area contributed by atoms with Crippen molar-refractivity contribution < 1.29 is 4.74 Å². The molecule has 0 unspecified atom stereocenters. The summed E-state index contributed by atoms with van der Waals surface area (Å²) < 4.78 is 6.94. The molecular formula is C21H23N7O. The van der Waals surface area contributed by atoms with E-state index in [-0.39, 0.29) is 6.04 Å². The number of rotatable bonds is 7. The largest absolute Gasteiger partial charge is 0.497 e. The fourth-order valence-corrected chi connectivity index (χ4v) is 3.03. The van der Waals surface area contributed by atoms with Crippen LogP contribution in [0.3, 0.4) is 0 Å². The number of nitrogens with one attached hydrogen (secondary N) is 2. The van der Waals surface area contributed by atoms with Crippen LogP contribution in [0.5, 0.6) is 5.75 Å². The van der Waals surface area contributed by atoms with Crippen LogP contribution in [0.1, 0.15) is 11.6 Å². The van der Waals surface area contributed by atoms with Crippen molar-refractivity contribution in [2.45, 2.75) is 6.04 Å². The molecule has 2 aromatic carbocycles. The highest BCUT2D eigenvalue weighted by Gasteiger charge is 2.13. The predicted molar refractivity (Wildman–Crippen MR) is 114 cm³/mol. The van der Waals surface area contributed by atoms with E-state index in [1.54, 1.807) is 18.0 Å². The maximum Gasteiger partial charge on any atom is 0.226 e. The van der Waals surface area contributed by atoms with E-state index >= 15 is 0 Å². The number of aromatic nitrogens is 4. The molecule has 4 aromatic rings. The number of fused-ring (bicyclic) bond motifs is 1. The van der Waals surface area contributed by atoms with Crippen molar-refractivity contribution in [2.24, 2.45) is 12.8 Å². The summed E-state index contributed by atoms with van der Waals surface area (Å²) in [5.74, 6) is 1.95. The predicted octanol–water partition coefficient (Wildman–Crippen LogP) is 3.23. The summed E-state index contributed by atoms with van der Waals surface area (Å²) in [6.45, 7) is 0.509. The van der Waals surface area contributed by atoms with Gasteiger partial charge < -0.3 is 21.1 Å². The molecule has 0 aliphatic heterocycles. The molecule has 0 aliphatic rings. The van der Waals surface area contributed by atoms with Gasteiger partial charge in [-0.1, -0.05) is 30.3 Å².